The smallest absolute Gasteiger partial charge is 0.159 e. The number of rotatable bonds is 23. The summed E-state index contributed by atoms with van der Waals surface area (Å²) >= 11 is 6.98. The fourth-order valence-corrected chi connectivity index (χ4v) is 9.31. The summed E-state index contributed by atoms with van der Waals surface area (Å²) < 4.78 is 0. The van der Waals surface area contributed by atoms with Gasteiger partial charge in [0.1, 0.15) is 0 Å². The molecule has 8 rings (SSSR count). The number of benzene rings is 4. The van der Waals surface area contributed by atoms with Gasteiger partial charge in [-0.05, 0) is 141 Å². The quantitative estimate of drug-likeness (QED) is 0.0450. The second kappa shape index (κ2) is 35.8. The summed E-state index contributed by atoms with van der Waals surface area (Å²) in [5.74, 6) is 3.24. The molecule has 75 heavy (non-hydrogen) atoms. The van der Waals surface area contributed by atoms with E-state index in [4.69, 9.17) is 0 Å². The van der Waals surface area contributed by atoms with Crippen LogP contribution in [0.5, 0.6) is 0 Å². The lowest BCUT2D eigenvalue weighted by Crippen LogP contribution is -1.93. The van der Waals surface area contributed by atoms with Gasteiger partial charge in [0.15, 0.2) is 23.3 Å². The Morgan fingerprint density at radius 2 is 0.480 bits per heavy atom. The van der Waals surface area contributed by atoms with Gasteiger partial charge in [-0.3, -0.25) is 0 Å². The first-order chi connectivity index (χ1) is 36.8. The lowest BCUT2D eigenvalue weighted by atomic mass is 10.1. The standard InChI is InChI=1S/C18H24N2S.C16H20N2S.C15H18N2S.C14H16N2S/c1-3-4-5-6-7-8-15-13-19-18(20-14-15)16-9-11-17(21-2)12-10-16;1-3-4-5-6-13-11-17-16(18-12-13)14-7-9-15(19-2)10-8-14;1-3-4-5-12-10-16-15(17-11-12)13-6-8-14(18-2)9-7-13;1-3-4-11-9-15-14(16-10-11)12-5-7-13(17-2)8-6-12/h9-14H,3-8H2,1-2H3;7-12H,3-6H2,1-2H3;6-11H,3-5H2,1-2H3;5-10H,3-4H2,1-2H3. The van der Waals surface area contributed by atoms with Crippen LogP contribution in [0.25, 0.3) is 45.6 Å². The van der Waals surface area contributed by atoms with Crippen molar-refractivity contribution in [3.8, 4) is 45.6 Å². The van der Waals surface area contributed by atoms with Crippen molar-refractivity contribution >= 4 is 47.0 Å². The molecular formula is C63H78N8S4. The fraction of sp³-hybridized carbons (Fsp3) is 0.365. The summed E-state index contributed by atoms with van der Waals surface area (Å²) in [4.78, 5) is 40.7. The molecule has 0 radical (unpaired) electrons. The average molecular weight is 1080 g/mol. The predicted octanol–water partition coefficient (Wildman–Crippen LogP) is 18.0. The maximum atomic E-state index is 4.50. The molecule has 0 N–H and O–H groups in total. The van der Waals surface area contributed by atoms with Crippen molar-refractivity contribution in [2.75, 3.05) is 25.0 Å². The van der Waals surface area contributed by atoms with Crippen molar-refractivity contribution in [1.82, 2.24) is 39.9 Å². The molecule has 0 unspecified atom stereocenters. The highest BCUT2D eigenvalue weighted by atomic mass is 32.2. The topological polar surface area (TPSA) is 103 Å². The zero-order valence-corrected chi connectivity index (χ0v) is 48.9. The van der Waals surface area contributed by atoms with E-state index in [9.17, 15) is 0 Å². The summed E-state index contributed by atoms with van der Waals surface area (Å²) in [6.45, 7) is 8.83. The summed E-state index contributed by atoms with van der Waals surface area (Å²) in [6, 6.07) is 33.5. The van der Waals surface area contributed by atoms with E-state index in [0.717, 1.165) is 77.7 Å². The molecule has 0 fully saturated rings. The van der Waals surface area contributed by atoms with Gasteiger partial charge in [0.2, 0.25) is 0 Å². The van der Waals surface area contributed by atoms with E-state index in [2.05, 4.69) is 190 Å². The number of hydrogen-bond acceptors (Lipinski definition) is 12. The molecule has 0 atom stereocenters. The number of unbranched alkanes of at least 4 members (excludes halogenated alkanes) is 7. The monoisotopic (exact) mass is 1070 g/mol. The van der Waals surface area contributed by atoms with Crippen molar-refractivity contribution < 1.29 is 0 Å². The molecule has 8 aromatic rings. The maximum Gasteiger partial charge on any atom is 0.159 e. The maximum absolute atomic E-state index is 4.50. The van der Waals surface area contributed by atoms with Crippen LogP contribution in [0.1, 0.15) is 121 Å². The van der Waals surface area contributed by atoms with E-state index in [1.54, 1.807) is 47.0 Å². The molecule has 8 nitrogen and oxygen atoms in total. The first-order valence-corrected chi connectivity index (χ1v) is 31.5. The molecule has 0 spiro atoms. The Kier molecular flexibility index (Phi) is 28.8. The van der Waals surface area contributed by atoms with Crippen LogP contribution in [0.3, 0.4) is 0 Å². The first-order valence-electron chi connectivity index (χ1n) is 26.6. The van der Waals surface area contributed by atoms with Crippen LogP contribution in [0.4, 0.5) is 0 Å². The van der Waals surface area contributed by atoms with E-state index in [0.29, 0.717) is 0 Å². The minimum atomic E-state index is 0.803. The Bertz CT molecular complexity index is 2720. The third kappa shape index (κ3) is 22.0. The summed E-state index contributed by atoms with van der Waals surface area (Å²) in [6.07, 6.45) is 42.1. The molecule has 4 heterocycles. The number of hydrogen-bond donors (Lipinski definition) is 0. The van der Waals surface area contributed by atoms with Gasteiger partial charge in [0, 0.05) is 91.4 Å². The van der Waals surface area contributed by atoms with E-state index in [1.165, 1.54) is 106 Å². The molecular weight excluding hydrogens is 997 g/mol. The van der Waals surface area contributed by atoms with Crippen LogP contribution in [-0.2, 0) is 25.7 Å². The predicted molar refractivity (Wildman–Crippen MR) is 325 cm³/mol. The van der Waals surface area contributed by atoms with Gasteiger partial charge in [-0.1, -0.05) is 128 Å². The lowest BCUT2D eigenvalue weighted by Gasteiger charge is -2.04. The van der Waals surface area contributed by atoms with Crippen molar-refractivity contribution in [2.24, 2.45) is 0 Å². The van der Waals surface area contributed by atoms with Crippen LogP contribution >= 0.6 is 47.0 Å². The number of aromatic nitrogens is 8. The number of thioether (sulfide) groups is 4. The Morgan fingerprint density at radius 3 is 0.733 bits per heavy atom. The second-order valence-electron chi connectivity index (χ2n) is 18.0. The van der Waals surface area contributed by atoms with Crippen molar-refractivity contribution in [3.63, 3.8) is 0 Å². The van der Waals surface area contributed by atoms with Gasteiger partial charge in [0.05, 0.1) is 0 Å². The SMILES string of the molecule is CCCCCCCc1cnc(-c2ccc(SC)cc2)nc1.CCCCCc1cnc(-c2ccc(SC)cc2)nc1.CCCCc1cnc(-c2ccc(SC)cc2)nc1.CCCc1cnc(-c2ccc(SC)cc2)nc1. The largest absolute Gasteiger partial charge is 0.236 e. The van der Waals surface area contributed by atoms with Crippen molar-refractivity contribution in [3.05, 3.63) is 169 Å². The van der Waals surface area contributed by atoms with Gasteiger partial charge < -0.3 is 0 Å². The molecule has 0 aliphatic carbocycles. The lowest BCUT2D eigenvalue weighted by molar-refractivity contribution is 0.631. The van der Waals surface area contributed by atoms with Crippen molar-refractivity contribution in [1.29, 1.82) is 0 Å². The van der Waals surface area contributed by atoms with Crippen LogP contribution in [0.15, 0.2) is 166 Å². The Morgan fingerprint density at radius 1 is 0.253 bits per heavy atom. The summed E-state index contributed by atoms with van der Waals surface area (Å²) in [5.41, 5.74) is 9.23. The zero-order chi connectivity index (χ0) is 53.3. The molecule has 0 aliphatic heterocycles. The van der Waals surface area contributed by atoms with Crippen LogP contribution in [0, 0.1) is 0 Å². The van der Waals surface area contributed by atoms with E-state index >= 15 is 0 Å². The van der Waals surface area contributed by atoms with Crippen LogP contribution < -0.4 is 0 Å². The third-order valence-electron chi connectivity index (χ3n) is 12.2. The third-order valence-corrected chi connectivity index (χ3v) is 15.2. The summed E-state index contributed by atoms with van der Waals surface area (Å²) in [7, 11) is 0. The molecule has 0 saturated carbocycles. The van der Waals surface area contributed by atoms with Gasteiger partial charge >= 0.3 is 0 Å². The highest BCUT2D eigenvalue weighted by Gasteiger charge is 2.06. The molecule has 0 bridgehead atoms. The van der Waals surface area contributed by atoms with E-state index < -0.39 is 0 Å². The average Bonchev–Trinajstić information content (AvgIpc) is 3.48. The van der Waals surface area contributed by atoms with Gasteiger partial charge in [-0.15, -0.1) is 47.0 Å². The number of aryl methyl sites for hydroxylation is 4. The second-order valence-corrected chi connectivity index (χ2v) is 21.6. The Balaban J connectivity index is 0.000000185. The van der Waals surface area contributed by atoms with Crippen LogP contribution in [0.2, 0.25) is 0 Å². The fourth-order valence-electron chi connectivity index (χ4n) is 7.67. The summed E-state index contributed by atoms with van der Waals surface area (Å²) in [5, 5.41) is 0. The minimum absolute atomic E-state index is 0.803. The Labute approximate surface area is 466 Å². The van der Waals surface area contributed by atoms with E-state index in [-0.39, 0.29) is 0 Å². The van der Waals surface area contributed by atoms with Crippen LogP contribution in [-0.4, -0.2) is 64.9 Å². The molecule has 0 aliphatic rings. The van der Waals surface area contributed by atoms with E-state index in [1.807, 2.05) is 49.6 Å². The highest BCUT2D eigenvalue weighted by molar-refractivity contribution is 7.99. The Hall–Kier alpha value is -5.40. The number of nitrogens with zero attached hydrogens (tertiary/aromatic N) is 8. The zero-order valence-electron chi connectivity index (χ0n) is 45.7. The van der Waals surface area contributed by atoms with Gasteiger partial charge in [-0.25, -0.2) is 39.9 Å². The highest BCUT2D eigenvalue weighted by Crippen LogP contribution is 2.24. The normalized spacial score (nSPS) is 10.6. The molecule has 4 aromatic carbocycles. The van der Waals surface area contributed by atoms with Gasteiger partial charge in [0.25, 0.3) is 0 Å². The molecule has 0 saturated heterocycles. The molecule has 12 heteroatoms. The molecule has 394 valence electrons. The first kappa shape index (κ1) is 60.5. The molecule has 0 amide bonds. The molecule has 4 aromatic heterocycles. The van der Waals surface area contributed by atoms with Gasteiger partial charge in [-0.2, -0.15) is 0 Å². The minimum Gasteiger partial charge on any atom is -0.236 e. The van der Waals surface area contributed by atoms with Crippen molar-refractivity contribution in [2.45, 2.75) is 144 Å².